The van der Waals surface area contributed by atoms with Gasteiger partial charge in [0.25, 0.3) is 10.0 Å². The maximum atomic E-state index is 12.8. The van der Waals surface area contributed by atoms with Crippen molar-refractivity contribution in [3.05, 3.63) is 64.9 Å². The van der Waals surface area contributed by atoms with E-state index >= 15 is 0 Å². The summed E-state index contributed by atoms with van der Waals surface area (Å²) in [7, 11) is -2.23. The zero-order chi connectivity index (χ0) is 20.6. The Balaban J connectivity index is 1.81. The quantitative estimate of drug-likeness (QED) is 0.455. The van der Waals surface area contributed by atoms with Crippen LogP contribution in [0.2, 0.25) is 0 Å². The van der Waals surface area contributed by atoms with Gasteiger partial charge >= 0.3 is 0 Å². The van der Waals surface area contributed by atoms with Crippen LogP contribution in [0.3, 0.4) is 0 Å². The zero-order valence-corrected chi connectivity index (χ0v) is 18.0. The molecule has 0 saturated carbocycles. The number of hydrogen-bond donors (Lipinski definition) is 2. The predicted molar refractivity (Wildman–Crippen MR) is 116 cm³/mol. The molecule has 0 bridgehead atoms. The minimum atomic E-state index is -3.88. The van der Waals surface area contributed by atoms with Gasteiger partial charge < -0.3 is 5.32 Å². The van der Waals surface area contributed by atoms with Crippen LogP contribution < -0.4 is 10.0 Å². The average Bonchev–Trinajstić information content (AvgIpc) is 3.13. The van der Waals surface area contributed by atoms with Crippen LogP contribution >= 0.6 is 15.9 Å². The second kappa shape index (κ2) is 7.45. The van der Waals surface area contributed by atoms with Crippen LogP contribution in [0, 0.1) is 6.92 Å². The van der Waals surface area contributed by atoms with Gasteiger partial charge in [0, 0.05) is 23.4 Å². The van der Waals surface area contributed by atoms with E-state index in [1.165, 1.54) is 17.1 Å². The fourth-order valence-electron chi connectivity index (χ4n) is 2.75. The lowest BCUT2D eigenvalue weighted by Gasteiger charge is -2.15. The summed E-state index contributed by atoms with van der Waals surface area (Å²) in [5.74, 6) is 0.407. The van der Waals surface area contributed by atoms with Crippen LogP contribution in [0.1, 0.15) is 5.56 Å². The van der Waals surface area contributed by atoms with Gasteiger partial charge in [0.05, 0.1) is 17.2 Å². The normalized spacial score (nSPS) is 11.6. The van der Waals surface area contributed by atoms with Crippen LogP contribution in [0.15, 0.2) is 64.2 Å². The van der Waals surface area contributed by atoms with Gasteiger partial charge in [-0.15, -0.1) is 0 Å². The van der Waals surface area contributed by atoms with Gasteiger partial charge in [0.1, 0.15) is 4.90 Å². The third-order valence-corrected chi connectivity index (χ3v) is 6.47. The molecule has 0 aliphatic carbocycles. The number of hydrogen-bond acceptors (Lipinski definition) is 6. The van der Waals surface area contributed by atoms with Gasteiger partial charge in [0.15, 0.2) is 11.6 Å². The molecule has 8 nitrogen and oxygen atoms in total. The van der Waals surface area contributed by atoms with E-state index in [9.17, 15) is 8.42 Å². The second-order valence-corrected chi connectivity index (χ2v) is 8.94. The lowest BCUT2D eigenvalue weighted by molar-refractivity contribution is 0.601. The summed E-state index contributed by atoms with van der Waals surface area (Å²) < 4.78 is 30.5. The summed E-state index contributed by atoms with van der Waals surface area (Å²) >= 11 is 3.50. The highest BCUT2D eigenvalue weighted by atomic mass is 79.9. The van der Waals surface area contributed by atoms with E-state index in [1.54, 1.807) is 13.1 Å². The van der Waals surface area contributed by atoms with Gasteiger partial charge in [-0.3, -0.25) is 9.40 Å². The summed E-state index contributed by atoms with van der Waals surface area (Å²) in [6.45, 7) is 1.94. The number of benzene rings is 2. The Morgan fingerprint density at radius 2 is 1.69 bits per heavy atom. The summed E-state index contributed by atoms with van der Waals surface area (Å²) in [6.07, 6.45) is 2.70. The van der Waals surface area contributed by atoms with Crippen molar-refractivity contribution < 1.29 is 8.42 Å². The molecule has 0 amide bonds. The molecule has 0 aliphatic rings. The SMILES string of the molecule is Cc1c(Br)cccc1Nc1nc2ccccc2nc1NS(=O)(=O)c1cnn(C)c1. The molecule has 0 spiro atoms. The number of aryl methyl sites for hydroxylation is 1. The van der Waals surface area contributed by atoms with Gasteiger partial charge in [-0.1, -0.05) is 34.1 Å². The molecule has 2 aromatic heterocycles. The van der Waals surface area contributed by atoms with Gasteiger partial charge in [-0.05, 0) is 36.8 Å². The molecule has 0 fully saturated rings. The average molecular weight is 473 g/mol. The molecule has 10 heteroatoms. The smallest absolute Gasteiger partial charge is 0.266 e. The Morgan fingerprint density at radius 3 is 2.34 bits per heavy atom. The minimum absolute atomic E-state index is 0.0412. The highest BCUT2D eigenvalue weighted by Crippen LogP contribution is 2.30. The lowest BCUT2D eigenvalue weighted by Crippen LogP contribution is -2.15. The molecular weight excluding hydrogens is 456 g/mol. The first kappa shape index (κ1) is 19.3. The number of sulfonamides is 1. The third kappa shape index (κ3) is 3.94. The van der Waals surface area contributed by atoms with Crippen molar-refractivity contribution in [1.82, 2.24) is 19.7 Å². The number of nitrogens with one attached hydrogen (secondary N) is 2. The molecular formula is C19H17BrN6O2S. The largest absolute Gasteiger partial charge is 0.337 e. The number of para-hydroxylation sites is 2. The molecule has 0 unspecified atom stereocenters. The van der Waals surface area contributed by atoms with E-state index < -0.39 is 10.0 Å². The van der Waals surface area contributed by atoms with Gasteiger partial charge in [0.2, 0.25) is 0 Å². The highest BCUT2D eigenvalue weighted by molar-refractivity contribution is 9.10. The van der Waals surface area contributed by atoms with Crippen LogP contribution in [0.25, 0.3) is 11.0 Å². The molecule has 2 N–H and O–H groups in total. The number of rotatable bonds is 5. The molecule has 0 atom stereocenters. The highest BCUT2D eigenvalue weighted by Gasteiger charge is 2.20. The van der Waals surface area contributed by atoms with Crippen molar-refractivity contribution in [3.63, 3.8) is 0 Å². The van der Waals surface area contributed by atoms with Crippen molar-refractivity contribution in [2.45, 2.75) is 11.8 Å². The van der Waals surface area contributed by atoms with Crippen LogP contribution in [0.4, 0.5) is 17.3 Å². The third-order valence-electron chi connectivity index (χ3n) is 4.31. The minimum Gasteiger partial charge on any atom is -0.337 e. The predicted octanol–water partition coefficient (Wildman–Crippen LogP) is 3.98. The number of halogens is 1. The Morgan fingerprint density at radius 1 is 1.00 bits per heavy atom. The zero-order valence-electron chi connectivity index (χ0n) is 15.6. The van der Waals surface area contributed by atoms with E-state index in [4.69, 9.17) is 0 Å². The van der Waals surface area contributed by atoms with E-state index in [0.29, 0.717) is 16.9 Å². The molecule has 4 rings (SSSR count). The molecule has 148 valence electrons. The van der Waals surface area contributed by atoms with Crippen molar-refractivity contribution in [1.29, 1.82) is 0 Å². The molecule has 2 heterocycles. The first-order valence-electron chi connectivity index (χ1n) is 8.64. The van der Waals surface area contributed by atoms with Crippen LogP contribution in [-0.4, -0.2) is 28.2 Å². The van der Waals surface area contributed by atoms with Gasteiger partial charge in [-0.2, -0.15) is 5.10 Å². The van der Waals surface area contributed by atoms with Crippen molar-refractivity contribution in [3.8, 4) is 0 Å². The Bertz CT molecular complexity index is 1320. The monoisotopic (exact) mass is 472 g/mol. The molecule has 29 heavy (non-hydrogen) atoms. The fourth-order valence-corrected chi connectivity index (χ4v) is 4.11. The molecule has 2 aromatic carbocycles. The van der Waals surface area contributed by atoms with Crippen LogP contribution in [-0.2, 0) is 17.1 Å². The Labute approximate surface area is 176 Å². The lowest BCUT2D eigenvalue weighted by atomic mass is 10.2. The Hall–Kier alpha value is -2.98. The van der Waals surface area contributed by atoms with E-state index in [0.717, 1.165) is 15.7 Å². The molecule has 0 aliphatic heterocycles. The number of nitrogens with zero attached hydrogens (tertiary/aromatic N) is 4. The maximum Gasteiger partial charge on any atom is 0.266 e. The summed E-state index contributed by atoms with van der Waals surface area (Å²) in [5.41, 5.74) is 2.97. The second-order valence-electron chi connectivity index (χ2n) is 6.40. The van der Waals surface area contributed by atoms with E-state index in [-0.39, 0.29) is 10.7 Å². The maximum absolute atomic E-state index is 12.8. The van der Waals surface area contributed by atoms with Gasteiger partial charge in [-0.25, -0.2) is 18.4 Å². The summed E-state index contributed by atoms with van der Waals surface area (Å²) in [5, 5.41) is 7.13. The number of fused-ring (bicyclic) bond motifs is 1. The molecule has 0 saturated heterocycles. The van der Waals surface area contributed by atoms with E-state index in [1.807, 2.05) is 43.3 Å². The number of anilines is 3. The summed E-state index contributed by atoms with van der Waals surface area (Å²) in [6, 6.07) is 13.0. The van der Waals surface area contributed by atoms with Crippen molar-refractivity contribution in [2.75, 3.05) is 10.0 Å². The molecule has 0 radical (unpaired) electrons. The number of aromatic nitrogens is 4. The molecule has 4 aromatic rings. The first-order chi connectivity index (χ1) is 13.8. The standard InChI is InChI=1S/C19H17BrN6O2S/c1-12-14(20)6-5-9-15(12)22-18-19(24-17-8-4-3-7-16(17)23-18)25-29(27,28)13-10-21-26(2)11-13/h3-11H,1-2H3,(H,22,23)(H,24,25). The van der Waals surface area contributed by atoms with Crippen LogP contribution in [0.5, 0.6) is 0 Å². The Kier molecular flexibility index (Phi) is 4.97. The topological polar surface area (TPSA) is 102 Å². The van der Waals surface area contributed by atoms with Crippen molar-refractivity contribution >= 4 is 54.3 Å². The van der Waals surface area contributed by atoms with Crippen molar-refractivity contribution in [2.24, 2.45) is 7.05 Å². The first-order valence-corrected chi connectivity index (χ1v) is 10.9. The summed E-state index contributed by atoms with van der Waals surface area (Å²) in [4.78, 5) is 9.12. The fraction of sp³-hybridized carbons (Fsp3) is 0.105. The van der Waals surface area contributed by atoms with E-state index in [2.05, 4.69) is 41.0 Å².